The summed E-state index contributed by atoms with van der Waals surface area (Å²) in [5.74, 6) is -0.0205. The summed E-state index contributed by atoms with van der Waals surface area (Å²) in [6, 6.07) is 4.87. The number of hydrogen-bond donors (Lipinski definition) is 1. The van der Waals surface area contributed by atoms with Gasteiger partial charge < -0.3 is 14.4 Å². The van der Waals surface area contributed by atoms with Crippen molar-refractivity contribution in [1.29, 1.82) is 0 Å². The maximum absolute atomic E-state index is 14.5. The van der Waals surface area contributed by atoms with Crippen molar-refractivity contribution in [3.8, 4) is 11.6 Å². The lowest BCUT2D eigenvalue weighted by Gasteiger charge is -2.38. The first-order valence-corrected chi connectivity index (χ1v) is 11.7. The molecule has 0 N–H and O–H groups in total. The minimum atomic E-state index is -0.440. The first kappa shape index (κ1) is 20.7. The highest BCUT2D eigenvalue weighted by Crippen LogP contribution is 2.43. The van der Waals surface area contributed by atoms with Crippen LogP contribution in [0.5, 0.6) is 5.88 Å². The lowest BCUT2D eigenvalue weighted by Crippen LogP contribution is -2.50. The predicted molar refractivity (Wildman–Crippen MR) is 120 cm³/mol. The van der Waals surface area contributed by atoms with E-state index in [0.29, 0.717) is 21.8 Å². The molecule has 172 valence electrons. The Labute approximate surface area is 195 Å². The number of amides is 1. The molecule has 0 spiro atoms. The normalized spacial score (nSPS) is 25.3. The number of carbonyl (C=O) groups is 1. The van der Waals surface area contributed by atoms with Crippen LogP contribution in [0.15, 0.2) is 35.6 Å². The third kappa shape index (κ3) is 3.70. The van der Waals surface area contributed by atoms with Crippen molar-refractivity contribution in [2.24, 2.45) is 0 Å². The SMILES string of the molecule is CC1(OC(=O)N2C3CCC2CC(Oc2ncnc4c2cnn4-c2ccc(S)cc2F)C3)CC1. The third-order valence-electron chi connectivity index (χ3n) is 6.96. The largest absolute Gasteiger partial charge is 0.474 e. The zero-order valence-electron chi connectivity index (χ0n) is 18.1. The fourth-order valence-electron chi connectivity index (χ4n) is 4.98. The van der Waals surface area contributed by atoms with Crippen LogP contribution in [-0.2, 0) is 4.74 Å². The molecule has 2 saturated heterocycles. The van der Waals surface area contributed by atoms with Gasteiger partial charge in [0.2, 0.25) is 5.88 Å². The van der Waals surface area contributed by atoms with Gasteiger partial charge in [0.1, 0.15) is 34.9 Å². The Morgan fingerprint density at radius 1 is 1.21 bits per heavy atom. The molecular formula is C23H24FN5O3S. The molecule has 33 heavy (non-hydrogen) atoms. The Hall–Kier alpha value is -2.88. The van der Waals surface area contributed by atoms with Gasteiger partial charge in [-0.2, -0.15) is 5.10 Å². The van der Waals surface area contributed by atoms with Crippen LogP contribution < -0.4 is 4.74 Å². The first-order chi connectivity index (χ1) is 15.9. The Kier molecular flexibility index (Phi) is 4.76. The molecule has 1 aromatic carbocycles. The van der Waals surface area contributed by atoms with E-state index in [2.05, 4.69) is 27.7 Å². The van der Waals surface area contributed by atoms with E-state index in [0.717, 1.165) is 38.5 Å². The number of hydrogen-bond acceptors (Lipinski definition) is 7. The molecule has 4 heterocycles. The highest BCUT2D eigenvalue weighted by Gasteiger charge is 2.49. The van der Waals surface area contributed by atoms with Crippen LogP contribution in [0.2, 0.25) is 0 Å². The van der Waals surface area contributed by atoms with Crippen molar-refractivity contribution in [2.75, 3.05) is 0 Å². The molecule has 2 aliphatic heterocycles. The molecule has 10 heteroatoms. The fraction of sp³-hybridized carbons (Fsp3) is 0.478. The summed E-state index contributed by atoms with van der Waals surface area (Å²) >= 11 is 4.18. The van der Waals surface area contributed by atoms with E-state index in [-0.39, 0.29) is 35.6 Å². The summed E-state index contributed by atoms with van der Waals surface area (Å²) in [6.07, 6.45) is 7.95. The van der Waals surface area contributed by atoms with Crippen LogP contribution in [0.1, 0.15) is 45.4 Å². The number of nitrogens with zero attached hydrogens (tertiary/aromatic N) is 5. The number of aromatic nitrogens is 4. The summed E-state index contributed by atoms with van der Waals surface area (Å²) in [7, 11) is 0. The van der Waals surface area contributed by atoms with Gasteiger partial charge >= 0.3 is 6.09 Å². The van der Waals surface area contributed by atoms with Gasteiger partial charge in [-0.3, -0.25) is 0 Å². The maximum atomic E-state index is 14.5. The van der Waals surface area contributed by atoms with Gasteiger partial charge in [0, 0.05) is 29.8 Å². The number of benzene rings is 1. The highest BCUT2D eigenvalue weighted by atomic mass is 32.1. The Morgan fingerprint density at radius 2 is 1.97 bits per heavy atom. The summed E-state index contributed by atoms with van der Waals surface area (Å²) in [6.45, 7) is 1.99. The molecular weight excluding hydrogens is 445 g/mol. The Bertz CT molecular complexity index is 1230. The third-order valence-corrected chi connectivity index (χ3v) is 7.23. The molecule has 1 saturated carbocycles. The fourth-order valence-corrected chi connectivity index (χ4v) is 5.17. The van der Waals surface area contributed by atoms with E-state index in [4.69, 9.17) is 9.47 Å². The van der Waals surface area contributed by atoms with Crippen LogP contribution in [0.3, 0.4) is 0 Å². The van der Waals surface area contributed by atoms with Crippen LogP contribution in [0, 0.1) is 5.82 Å². The van der Waals surface area contributed by atoms with Gasteiger partial charge in [0.25, 0.3) is 0 Å². The van der Waals surface area contributed by atoms with Gasteiger partial charge in [-0.05, 0) is 50.8 Å². The minimum absolute atomic E-state index is 0.0790. The Balaban J connectivity index is 1.22. The van der Waals surface area contributed by atoms with E-state index in [1.165, 1.54) is 17.1 Å². The van der Waals surface area contributed by atoms with E-state index in [1.54, 1.807) is 18.3 Å². The van der Waals surface area contributed by atoms with Gasteiger partial charge in [0.15, 0.2) is 5.65 Å². The lowest BCUT2D eigenvalue weighted by atomic mass is 10.0. The van der Waals surface area contributed by atoms with Crippen molar-refractivity contribution < 1.29 is 18.7 Å². The van der Waals surface area contributed by atoms with E-state index in [1.807, 2.05) is 11.8 Å². The first-order valence-electron chi connectivity index (χ1n) is 11.3. The molecule has 6 rings (SSSR count). The van der Waals surface area contributed by atoms with Gasteiger partial charge in [-0.1, -0.05) is 0 Å². The number of carbonyl (C=O) groups excluding carboxylic acids is 1. The molecule has 2 bridgehead atoms. The van der Waals surface area contributed by atoms with Crippen molar-refractivity contribution in [3.05, 3.63) is 36.5 Å². The number of piperidine rings is 1. The average molecular weight is 470 g/mol. The zero-order valence-corrected chi connectivity index (χ0v) is 19.0. The van der Waals surface area contributed by atoms with Gasteiger partial charge in [-0.25, -0.2) is 23.8 Å². The average Bonchev–Trinajstić information content (AvgIpc) is 3.22. The molecule has 8 nitrogen and oxygen atoms in total. The minimum Gasteiger partial charge on any atom is -0.474 e. The number of fused-ring (bicyclic) bond motifs is 3. The standard InChI is InChI=1S/C23H24FN5O3S/c1-23(6-7-23)32-22(30)28-13-2-3-14(28)9-15(8-13)31-21-17-11-27-29(20(17)25-12-26-21)19-5-4-16(33)10-18(19)24/h4-5,10-15,33H,2-3,6-9H2,1H3. The molecule has 2 atom stereocenters. The topological polar surface area (TPSA) is 82.4 Å². The molecule has 1 aliphatic carbocycles. The second kappa shape index (κ2) is 7.58. The van der Waals surface area contributed by atoms with E-state index in [9.17, 15) is 9.18 Å². The van der Waals surface area contributed by atoms with Crippen molar-refractivity contribution in [2.45, 2.75) is 74.1 Å². The number of ether oxygens (including phenoxy) is 2. The van der Waals surface area contributed by atoms with Crippen LogP contribution in [-0.4, -0.2) is 54.5 Å². The summed E-state index contributed by atoms with van der Waals surface area (Å²) in [5, 5.41) is 4.94. The molecule has 1 amide bonds. The maximum Gasteiger partial charge on any atom is 0.410 e. The number of halogens is 1. The second-order valence-electron chi connectivity index (χ2n) is 9.43. The summed E-state index contributed by atoms with van der Waals surface area (Å²) in [5.41, 5.74) is 0.470. The number of rotatable bonds is 4. The molecule has 3 aromatic rings. The molecule has 2 aromatic heterocycles. The van der Waals surface area contributed by atoms with Crippen molar-refractivity contribution >= 4 is 29.8 Å². The predicted octanol–water partition coefficient (Wildman–Crippen LogP) is 4.31. The van der Waals surface area contributed by atoms with Gasteiger partial charge in [-0.15, -0.1) is 12.6 Å². The van der Waals surface area contributed by atoms with E-state index < -0.39 is 5.82 Å². The zero-order chi connectivity index (χ0) is 22.7. The van der Waals surface area contributed by atoms with E-state index >= 15 is 0 Å². The highest BCUT2D eigenvalue weighted by molar-refractivity contribution is 7.80. The van der Waals surface area contributed by atoms with Crippen molar-refractivity contribution in [1.82, 2.24) is 24.6 Å². The van der Waals surface area contributed by atoms with Gasteiger partial charge in [0.05, 0.1) is 6.20 Å². The lowest BCUT2D eigenvalue weighted by molar-refractivity contribution is 0.0119. The molecule has 3 aliphatic rings. The summed E-state index contributed by atoms with van der Waals surface area (Å²) in [4.78, 5) is 23.8. The van der Waals surface area contributed by atoms with Crippen LogP contribution in [0.25, 0.3) is 16.7 Å². The summed E-state index contributed by atoms with van der Waals surface area (Å²) < 4.78 is 27.9. The monoisotopic (exact) mass is 469 g/mol. The van der Waals surface area contributed by atoms with Crippen LogP contribution in [0.4, 0.5) is 9.18 Å². The van der Waals surface area contributed by atoms with Crippen molar-refractivity contribution in [3.63, 3.8) is 0 Å². The quantitative estimate of drug-likeness (QED) is 0.574. The number of thiol groups is 1. The van der Waals surface area contributed by atoms with Crippen LogP contribution >= 0.6 is 12.6 Å². The molecule has 0 radical (unpaired) electrons. The smallest absolute Gasteiger partial charge is 0.410 e. The Morgan fingerprint density at radius 3 is 2.67 bits per heavy atom. The molecule has 3 fully saturated rings. The second-order valence-corrected chi connectivity index (χ2v) is 9.95. The molecule has 2 unspecified atom stereocenters.